The normalized spacial score (nSPS) is 10.1. The van der Waals surface area contributed by atoms with Gasteiger partial charge in [-0.2, -0.15) is 0 Å². The Morgan fingerprint density at radius 3 is 2.75 bits per heavy atom. The molecule has 0 saturated carbocycles. The maximum absolute atomic E-state index is 9.14. The van der Waals surface area contributed by atoms with Gasteiger partial charge in [0.05, 0.1) is 18.5 Å². The summed E-state index contributed by atoms with van der Waals surface area (Å²) in [7, 11) is 0. The first-order chi connectivity index (χ1) is 7.81. The highest BCUT2D eigenvalue weighted by Gasteiger charge is 2.05. The van der Waals surface area contributed by atoms with E-state index in [2.05, 4.69) is 4.98 Å². The van der Waals surface area contributed by atoms with E-state index in [9.17, 15) is 0 Å². The van der Waals surface area contributed by atoms with Gasteiger partial charge in [0.15, 0.2) is 5.75 Å². The average Bonchev–Trinajstić information content (AvgIpc) is 2.33. The van der Waals surface area contributed by atoms with Crippen LogP contribution in [0.3, 0.4) is 0 Å². The predicted octanol–water partition coefficient (Wildman–Crippen LogP) is 1.95. The number of aliphatic hydroxyl groups is 1. The lowest BCUT2D eigenvalue weighted by Crippen LogP contribution is -1.95. The minimum Gasteiger partial charge on any atom is -0.453 e. The molecule has 0 spiro atoms. The molecule has 0 unspecified atom stereocenters. The molecular formula is C12H12N2O2. The highest BCUT2D eigenvalue weighted by molar-refractivity contribution is 5.52. The molecule has 2 rings (SSSR count). The number of benzene rings is 1. The third kappa shape index (κ3) is 2.12. The van der Waals surface area contributed by atoms with Gasteiger partial charge in [-0.3, -0.25) is 4.98 Å². The van der Waals surface area contributed by atoms with Gasteiger partial charge in [-0.05, 0) is 12.1 Å². The molecule has 0 amide bonds. The summed E-state index contributed by atoms with van der Waals surface area (Å²) < 4.78 is 5.58. The van der Waals surface area contributed by atoms with Crippen LogP contribution in [0.1, 0.15) is 5.56 Å². The molecule has 0 bridgehead atoms. The van der Waals surface area contributed by atoms with E-state index in [0.29, 0.717) is 22.7 Å². The first-order valence-electron chi connectivity index (χ1n) is 4.87. The van der Waals surface area contributed by atoms with E-state index in [-0.39, 0.29) is 6.61 Å². The van der Waals surface area contributed by atoms with Crippen molar-refractivity contribution in [3.8, 4) is 11.5 Å². The van der Waals surface area contributed by atoms with Gasteiger partial charge in [-0.25, -0.2) is 0 Å². The molecule has 1 heterocycles. The van der Waals surface area contributed by atoms with Crippen LogP contribution in [-0.4, -0.2) is 10.1 Å². The van der Waals surface area contributed by atoms with Crippen molar-refractivity contribution in [1.29, 1.82) is 0 Å². The Morgan fingerprint density at radius 1 is 1.19 bits per heavy atom. The highest BCUT2D eigenvalue weighted by Crippen LogP contribution is 2.28. The number of nitrogen functional groups attached to an aromatic ring is 1. The Labute approximate surface area is 93.3 Å². The lowest BCUT2D eigenvalue weighted by Gasteiger charge is -2.10. The molecule has 4 nitrogen and oxygen atoms in total. The fourth-order valence-corrected chi connectivity index (χ4v) is 1.33. The van der Waals surface area contributed by atoms with Gasteiger partial charge in [0, 0.05) is 11.8 Å². The summed E-state index contributed by atoms with van der Waals surface area (Å²) in [4.78, 5) is 3.93. The van der Waals surface area contributed by atoms with E-state index in [4.69, 9.17) is 15.6 Å². The molecule has 0 aliphatic rings. The summed E-state index contributed by atoms with van der Waals surface area (Å²) >= 11 is 0. The fraction of sp³-hybridized carbons (Fsp3) is 0.0833. The summed E-state index contributed by atoms with van der Waals surface area (Å²) in [6.07, 6.45) is 3.14. The smallest absolute Gasteiger partial charge is 0.168 e. The number of hydrogen-bond acceptors (Lipinski definition) is 4. The lowest BCUT2D eigenvalue weighted by atomic mass is 10.2. The fourth-order valence-electron chi connectivity index (χ4n) is 1.33. The van der Waals surface area contributed by atoms with E-state index in [1.165, 1.54) is 0 Å². The minimum atomic E-state index is -0.0731. The van der Waals surface area contributed by atoms with E-state index in [1.807, 2.05) is 12.1 Å². The number of pyridine rings is 1. The number of aliphatic hydroxyl groups excluding tert-OH is 1. The van der Waals surface area contributed by atoms with Gasteiger partial charge in [0.1, 0.15) is 5.75 Å². The van der Waals surface area contributed by atoms with Crippen molar-refractivity contribution >= 4 is 5.69 Å². The third-order valence-electron chi connectivity index (χ3n) is 2.18. The number of aromatic nitrogens is 1. The minimum absolute atomic E-state index is 0.0731. The zero-order valence-corrected chi connectivity index (χ0v) is 8.63. The molecule has 0 atom stereocenters. The maximum Gasteiger partial charge on any atom is 0.168 e. The van der Waals surface area contributed by atoms with Gasteiger partial charge < -0.3 is 15.6 Å². The van der Waals surface area contributed by atoms with Crippen molar-refractivity contribution in [2.45, 2.75) is 6.61 Å². The average molecular weight is 216 g/mol. The van der Waals surface area contributed by atoms with Crippen LogP contribution in [0.2, 0.25) is 0 Å². The Morgan fingerprint density at radius 2 is 2.00 bits per heavy atom. The summed E-state index contributed by atoms with van der Waals surface area (Å²) in [5.41, 5.74) is 6.96. The van der Waals surface area contributed by atoms with Crippen LogP contribution in [0.5, 0.6) is 11.5 Å². The second-order valence-corrected chi connectivity index (χ2v) is 3.28. The molecule has 0 radical (unpaired) electrons. The molecule has 2 aromatic rings. The number of rotatable bonds is 3. The maximum atomic E-state index is 9.14. The molecule has 0 aliphatic heterocycles. The molecule has 0 aliphatic carbocycles. The van der Waals surface area contributed by atoms with Crippen LogP contribution in [0, 0.1) is 0 Å². The predicted molar refractivity (Wildman–Crippen MR) is 61.1 cm³/mol. The first kappa shape index (κ1) is 10.4. The van der Waals surface area contributed by atoms with Gasteiger partial charge in [-0.1, -0.05) is 18.2 Å². The van der Waals surface area contributed by atoms with Crippen molar-refractivity contribution in [1.82, 2.24) is 4.98 Å². The molecule has 1 aromatic heterocycles. The van der Waals surface area contributed by atoms with Crippen molar-refractivity contribution in [2.24, 2.45) is 0 Å². The van der Waals surface area contributed by atoms with Gasteiger partial charge in [0.2, 0.25) is 0 Å². The van der Waals surface area contributed by atoms with E-state index < -0.39 is 0 Å². The van der Waals surface area contributed by atoms with Crippen molar-refractivity contribution < 1.29 is 9.84 Å². The number of ether oxygens (including phenoxy) is 1. The molecule has 82 valence electrons. The highest BCUT2D eigenvalue weighted by atomic mass is 16.5. The molecule has 0 fully saturated rings. The standard InChI is InChI=1S/C12H12N2O2/c13-10-5-6-14-7-12(10)16-11-4-2-1-3-9(11)8-15/h1-7,15H,8H2,(H2,13,14). The molecule has 4 heteroatoms. The Bertz CT molecular complexity index is 486. The third-order valence-corrected chi connectivity index (χ3v) is 2.18. The second-order valence-electron chi connectivity index (χ2n) is 3.28. The molecule has 16 heavy (non-hydrogen) atoms. The molecule has 1 aromatic carbocycles. The van der Waals surface area contributed by atoms with Crippen LogP contribution < -0.4 is 10.5 Å². The molecular weight excluding hydrogens is 204 g/mol. The number of anilines is 1. The van der Waals surface area contributed by atoms with E-state index in [1.54, 1.807) is 30.6 Å². The van der Waals surface area contributed by atoms with Gasteiger partial charge >= 0.3 is 0 Å². The van der Waals surface area contributed by atoms with E-state index >= 15 is 0 Å². The zero-order chi connectivity index (χ0) is 11.4. The Balaban J connectivity index is 2.30. The van der Waals surface area contributed by atoms with Crippen molar-refractivity contribution in [2.75, 3.05) is 5.73 Å². The topological polar surface area (TPSA) is 68.4 Å². The first-order valence-corrected chi connectivity index (χ1v) is 4.87. The number of para-hydroxylation sites is 1. The Kier molecular flexibility index (Phi) is 3.03. The van der Waals surface area contributed by atoms with Crippen LogP contribution in [0.4, 0.5) is 5.69 Å². The van der Waals surface area contributed by atoms with Crippen LogP contribution >= 0.6 is 0 Å². The summed E-state index contributed by atoms with van der Waals surface area (Å²) in [5.74, 6) is 1.08. The quantitative estimate of drug-likeness (QED) is 0.822. The zero-order valence-electron chi connectivity index (χ0n) is 8.63. The van der Waals surface area contributed by atoms with Crippen LogP contribution in [0.25, 0.3) is 0 Å². The van der Waals surface area contributed by atoms with Crippen molar-refractivity contribution in [3.05, 3.63) is 48.3 Å². The second kappa shape index (κ2) is 4.63. The summed E-state index contributed by atoms with van der Waals surface area (Å²) in [5, 5.41) is 9.14. The largest absolute Gasteiger partial charge is 0.453 e. The Hall–Kier alpha value is -2.07. The monoisotopic (exact) mass is 216 g/mol. The summed E-state index contributed by atoms with van der Waals surface area (Å²) in [6.45, 7) is -0.0731. The van der Waals surface area contributed by atoms with Crippen LogP contribution in [0.15, 0.2) is 42.7 Å². The van der Waals surface area contributed by atoms with Gasteiger partial charge in [-0.15, -0.1) is 0 Å². The van der Waals surface area contributed by atoms with Gasteiger partial charge in [0.25, 0.3) is 0 Å². The van der Waals surface area contributed by atoms with Crippen LogP contribution in [-0.2, 0) is 6.61 Å². The number of hydrogen-bond donors (Lipinski definition) is 2. The molecule has 3 N–H and O–H groups in total. The SMILES string of the molecule is Nc1ccncc1Oc1ccccc1CO. The lowest BCUT2D eigenvalue weighted by molar-refractivity contribution is 0.276. The van der Waals surface area contributed by atoms with E-state index in [0.717, 1.165) is 0 Å². The number of nitrogens with two attached hydrogens (primary N) is 1. The number of nitrogens with zero attached hydrogens (tertiary/aromatic N) is 1. The summed E-state index contributed by atoms with van der Waals surface area (Å²) in [6, 6.07) is 8.91. The molecule has 0 saturated heterocycles. The van der Waals surface area contributed by atoms with Crippen molar-refractivity contribution in [3.63, 3.8) is 0 Å².